The van der Waals surface area contributed by atoms with Crippen LogP contribution < -0.4 is 15.5 Å². The third-order valence-electron chi connectivity index (χ3n) is 8.87. The van der Waals surface area contributed by atoms with Crippen LogP contribution in [0.3, 0.4) is 0 Å². The first-order valence-electron chi connectivity index (χ1n) is 15.2. The second kappa shape index (κ2) is 11.1. The molecule has 0 bridgehead atoms. The van der Waals surface area contributed by atoms with Gasteiger partial charge in [-0.1, -0.05) is 25.5 Å². The van der Waals surface area contributed by atoms with Crippen molar-refractivity contribution in [3.05, 3.63) is 75.7 Å². The van der Waals surface area contributed by atoms with E-state index >= 15 is 0 Å². The molecule has 3 aliphatic rings. The Hall–Kier alpha value is -3.69. The maximum atomic E-state index is 13.7. The average molecular weight is 593 g/mol. The van der Waals surface area contributed by atoms with Crippen molar-refractivity contribution in [1.82, 2.24) is 15.0 Å². The van der Waals surface area contributed by atoms with E-state index in [0.29, 0.717) is 35.5 Å². The number of aromatic nitrogens is 3. The summed E-state index contributed by atoms with van der Waals surface area (Å²) >= 11 is 0. The van der Waals surface area contributed by atoms with Gasteiger partial charge in [0.2, 0.25) is 5.95 Å². The maximum Gasteiger partial charge on any atom is 0.416 e. The van der Waals surface area contributed by atoms with Crippen molar-refractivity contribution < 1.29 is 18.0 Å². The second-order valence-corrected chi connectivity index (χ2v) is 13.4. The number of hydrogen-bond acceptors (Lipinski definition) is 6. The van der Waals surface area contributed by atoms with E-state index in [1.165, 1.54) is 49.7 Å². The Morgan fingerprint density at radius 2 is 1.63 bits per heavy atom. The molecular formula is C33H39F3N6O. The van der Waals surface area contributed by atoms with Crippen molar-refractivity contribution in [2.45, 2.75) is 84.0 Å². The number of pyridine rings is 1. The highest BCUT2D eigenvalue weighted by Crippen LogP contribution is 2.42. The molecule has 2 N–H and O–H groups in total. The zero-order valence-electron chi connectivity index (χ0n) is 25.0. The maximum absolute atomic E-state index is 13.7. The summed E-state index contributed by atoms with van der Waals surface area (Å²) < 4.78 is 41.2. The molecule has 43 heavy (non-hydrogen) atoms. The topological polar surface area (TPSA) is 88.2 Å². The first-order valence-corrected chi connectivity index (χ1v) is 15.2. The van der Waals surface area contributed by atoms with Crippen LogP contribution in [0.1, 0.15) is 89.8 Å². The van der Waals surface area contributed by atoms with Crippen LogP contribution in [0.5, 0.6) is 0 Å². The molecule has 2 saturated carbocycles. The van der Waals surface area contributed by atoms with E-state index in [1.807, 2.05) is 4.90 Å². The molecule has 0 radical (unpaired) electrons. The van der Waals surface area contributed by atoms with Crippen molar-refractivity contribution in [1.29, 1.82) is 0 Å². The molecule has 10 heteroatoms. The largest absolute Gasteiger partial charge is 0.416 e. The molecule has 2 fully saturated rings. The van der Waals surface area contributed by atoms with Gasteiger partial charge >= 0.3 is 6.18 Å². The van der Waals surface area contributed by atoms with Gasteiger partial charge in [0.1, 0.15) is 5.82 Å². The fourth-order valence-electron chi connectivity index (χ4n) is 6.15. The molecule has 228 valence electrons. The Morgan fingerprint density at radius 1 is 0.977 bits per heavy atom. The number of alkyl halides is 3. The number of carbonyl (C=O) groups excluding carboxylic acids is 1. The molecule has 0 saturated heterocycles. The first-order chi connectivity index (χ1) is 20.4. The lowest BCUT2D eigenvalue weighted by molar-refractivity contribution is -0.137. The highest BCUT2D eigenvalue weighted by Gasteiger charge is 2.36. The monoisotopic (exact) mass is 592 g/mol. The Kier molecular flexibility index (Phi) is 7.59. The van der Waals surface area contributed by atoms with Crippen molar-refractivity contribution >= 4 is 17.7 Å². The zero-order valence-corrected chi connectivity index (χ0v) is 25.0. The summed E-state index contributed by atoms with van der Waals surface area (Å²) in [4.78, 5) is 30.3. The van der Waals surface area contributed by atoms with E-state index in [4.69, 9.17) is 10.7 Å². The first kappa shape index (κ1) is 29.4. The summed E-state index contributed by atoms with van der Waals surface area (Å²) in [5.41, 5.74) is 9.30. The number of amides is 1. The average Bonchev–Trinajstić information content (AvgIpc) is 3.88. The number of carbonyl (C=O) groups is 1. The van der Waals surface area contributed by atoms with Crippen molar-refractivity contribution in [3.63, 3.8) is 0 Å². The molecule has 2 aromatic heterocycles. The smallest absolute Gasteiger partial charge is 0.366 e. The third kappa shape index (κ3) is 6.78. The van der Waals surface area contributed by atoms with Crippen molar-refractivity contribution in [2.24, 2.45) is 17.6 Å². The van der Waals surface area contributed by atoms with Gasteiger partial charge in [-0.2, -0.15) is 13.2 Å². The van der Waals surface area contributed by atoms with E-state index in [9.17, 15) is 18.0 Å². The number of hydrogen-bond donors (Lipinski definition) is 1. The van der Waals surface area contributed by atoms with Gasteiger partial charge in [0, 0.05) is 49.6 Å². The molecule has 2 heterocycles. The van der Waals surface area contributed by atoms with Crippen LogP contribution in [-0.4, -0.2) is 33.9 Å². The zero-order chi connectivity index (χ0) is 30.5. The fraction of sp³-hybridized carbons (Fsp3) is 0.515. The van der Waals surface area contributed by atoms with Crippen LogP contribution in [0.25, 0.3) is 0 Å². The minimum absolute atomic E-state index is 0.0175. The van der Waals surface area contributed by atoms with Gasteiger partial charge in [0.25, 0.3) is 5.91 Å². The Labute approximate surface area is 250 Å². The Morgan fingerprint density at radius 3 is 2.21 bits per heavy atom. The second-order valence-electron chi connectivity index (χ2n) is 13.4. The van der Waals surface area contributed by atoms with E-state index in [0.717, 1.165) is 49.1 Å². The predicted octanol–water partition coefficient (Wildman–Crippen LogP) is 6.35. The van der Waals surface area contributed by atoms with Gasteiger partial charge in [-0.15, -0.1) is 0 Å². The normalized spacial score (nSPS) is 17.5. The van der Waals surface area contributed by atoms with Gasteiger partial charge in [0.15, 0.2) is 0 Å². The van der Waals surface area contributed by atoms with Crippen LogP contribution in [0.2, 0.25) is 0 Å². The molecule has 7 nitrogen and oxygen atoms in total. The molecule has 0 spiro atoms. The molecule has 1 aromatic carbocycles. The van der Waals surface area contributed by atoms with Crippen LogP contribution in [0, 0.1) is 18.8 Å². The molecule has 6 rings (SSSR count). The number of halogens is 3. The summed E-state index contributed by atoms with van der Waals surface area (Å²) in [5.74, 6) is 1.97. The molecule has 3 aliphatic carbocycles. The molecular weight excluding hydrogens is 553 g/mol. The predicted molar refractivity (Wildman–Crippen MR) is 160 cm³/mol. The lowest BCUT2D eigenvalue weighted by Gasteiger charge is -2.31. The number of rotatable bonds is 11. The highest BCUT2D eigenvalue weighted by molar-refractivity contribution is 5.92. The van der Waals surface area contributed by atoms with Crippen LogP contribution in [-0.2, 0) is 31.1 Å². The number of nitrogens with two attached hydrogens (primary N) is 1. The summed E-state index contributed by atoms with van der Waals surface area (Å²) in [6.45, 7) is 8.59. The molecule has 0 atom stereocenters. The lowest BCUT2D eigenvalue weighted by Crippen LogP contribution is -2.33. The number of nitrogens with zero attached hydrogens (tertiary/aromatic N) is 5. The van der Waals surface area contributed by atoms with Gasteiger partial charge in [-0.25, -0.2) is 15.0 Å². The standard InChI is InChI=1S/C33H39F3N6O/c1-20-10-23(12-27(11-20)33(34,35)36)18-42(31-38-14-26(15-39-31)29(37)43)19-25-13-24-8-9-32(2,3)28(24)40-30(25)41(16-21-4-5-21)17-22-6-7-22/h10-15,21-22H,4-9,16-19H2,1-3H3,(H2,37,43). The minimum atomic E-state index is -4.46. The number of aryl methyl sites for hydroxylation is 2. The Bertz CT molecular complexity index is 1500. The minimum Gasteiger partial charge on any atom is -0.366 e. The summed E-state index contributed by atoms with van der Waals surface area (Å²) in [5, 5.41) is 0. The number of anilines is 2. The van der Waals surface area contributed by atoms with Gasteiger partial charge in [-0.3, -0.25) is 4.79 Å². The van der Waals surface area contributed by atoms with Gasteiger partial charge in [-0.05, 0) is 86.6 Å². The molecule has 0 unspecified atom stereocenters. The van der Waals surface area contributed by atoms with Crippen molar-refractivity contribution in [2.75, 3.05) is 22.9 Å². The highest BCUT2D eigenvalue weighted by atomic mass is 19.4. The summed E-state index contributed by atoms with van der Waals surface area (Å²) in [7, 11) is 0. The number of fused-ring (bicyclic) bond motifs is 1. The lowest BCUT2D eigenvalue weighted by atomic mass is 9.90. The van der Waals surface area contributed by atoms with Crippen LogP contribution >= 0.6 is 0 Å². The van der Waals surface area contributed by atoms with Crippen LogP contribution in [0.15, 0.2) is 36.7 Å². The van der Waals surface area contributed by atoms with E-state index in [-0.39, 0.29) is 17.5 Å². The van der Waals surface area contributed by atoms with Gasteiger partial charge in [0.05, 0.1) is 16.8 Å². The Balaban J connectivity index is 1.42. The molecule has 0 aliphatic heterocycles. The molecule has 1 amide bonds. The van der Waals surface area contributed by atoms with Crippen molar-refractivity contribution in [3.8, 4) is 0 Å². The number of benzene rings is 1. The van der Waals surface area contributed by atoms with Gasteiger partial charge < -0.3 is 15.5 Å². The summed E-state index contributed by atoms with van der Waals surface area (Å²) in [6.07, 6.45) is 5.15. The van der Waals surface area contributed by atoms with E-state index in [2.05, 4.69) is 34.8 Å². The SMILES string of the molecule is Cc1cc(CN(Cc2cc3c(nc2N(CC2CC2)CC2CC2)C(C)(C)CC3)c2ncc(C(N)=O)cn2)cc(C(F)(F)F)c1. The van der Waals surface area contributed by atoms with E-state index < -0.39 is 17.6 Å². The van der Waals surface area contributed by atoms with E-state index in [1.54, 1.807) is 13.0 Å². The fourth-order valence-corrected chi connectivity index (χ4v) is 6.15. The van der Waals surface area contributed by atoms with Crippen LogP contribution in [0.4, 0.5) is 24.9 Å². The summed E-state index contributed by atoms with van der Waals surface area (Å²) in [6, 6.07) is 6.36. The third-order valence-corrected chi connectivity index (χ3v) is 8.87. The quantitative estimate of drug-likeness (QED) is 0.279. The number of primary amides is 1. The molecule has 3 aromatic rings.